The van der Waals surface area contributed by atoms with Crippen LogP contribution in [0, 0.1) is 28.1 Å². The molecule has 5 atom stereocenters. The van der Waals surface area contributed by atoms with Crippen molar-refractivity contribution in [1.29, 1.82) is 0 Å². The number of Topliss-reactive ketones (excluding diaryl/α,β-unsaturated/α-hetero) is 2. The topological polar surface area (TPSA) is 86.7 Å². The highest BCUT2D eigenvalue weighted by Gasteiger charge is 2.61. The minimum atomic E-state index is -0.706. The summed E-state index contributed by atoms with van der Waals surface area (Å²) in [5.74, 6) is -0.474. The van der Waals surface area contributed by atoms with Crippen LogP contribution < -0.4 is 0 Å². The van der Waals surface area contributed by atoms with Crippen LogP contribution in [0.2, 0.25) is 0 Å². The Kier molecular flexibility index (Phi) is 5.76. The molecule has 6 nitrogen and oxygen atoms in total. The molecule has 3 rings (SSSR count). The second-order valence-electron chi connectivity index (χ2n) is 10.6. The Hall–Kier alpha value is -1.98. The van der Waals surface area contributed by atoms with E-state index in [1.165, 1.54) is 19.4 Å². The van der Waals surface area contributed by atoms with E-state index in [1.54, 1.807) is 0 Å². The maximum absolute atomic E-state index is 13.1. The van der Waals surface area contributed by atoms with Gasteiger partial charge < -0.3 is 9.47 Å². The molecule has 30 heavy (non-hydrogen) atoms. The molecule has 0 bridgehead atoms. The highest BCUT2D eigenvalue weighted by molar-refractivity contribution is 5.89. The minimum absolute atomic E-state index is 0.00512. The number of esters is 2. The van der Waals surface area contributed by atoms with Crippen LogP contribution in [0.4, 0.5) is 0 Å². The third-order valence-electron chi connectivity index (χ3n) is 8.02. The zero-order valence-corrected chi connectivity index (χ0v) is 19.0. The summed E-state index contributed by atoms with van der Waals surface area (Å²) in [5.41, 5.74) is 0.0222. The number of hydrogen-bond donors (Lipinski definition) is 0. The van der Waals surface area contributed by atoms with E-state index < -0.39 is 28.9 Å². The fourth-order valence-electron chi connectivity index (χ4n) is 6.49. The SMILES string of the molecule is CC(=O)OCC(=O)[C@]1(C)CC[C@@H]2C(=CC[C@@H]3C(C)(C)[C@H](OC(C)=O)C(=O)C[C@@]23C)C1. The van der Waals surface area contributed by atoms with Gasteiger partial charge in [0.1, 0.15) is 0 Å². The first-order valence-corrected chi connectivity index (χ1v) is 10.9. The molecule has 3 aliphatic rings. The highest BCUT2D eigenvalue weighted by Crippen LogP contribution is 2.63. The minimum Gasteiger partial charge on any atom is -0.458 e. The second-order valence-corrected chi connectivity index (χ2v) is 10.6. The van der Waals surface area contributed by atoms with Crippen molar-refractivity contribution in [3.8, 4) is 0 Å². The summed E-state index contributed by atoms with van der Waals surface area (Å²) < 4.78 is 10.4. The molecular formula is C24H34O6. The molecule has 0 aliphatic heterocycles. The maximum atomic E-state index is 13.1. The third-order valence-corrected chi connectivity index (χ3v) is 8.02. The van der Waals surface area contributed by atoms with Crippen molar-refractivity contribution in [3.63, 3.8) is 0 Å². The van der Waals surface area contributed by atoms with E-state index in [9.17, 15) is 19.2 Å². The van der Waals surface area contributed by atoms with E-state index in [0.717, 1.165) is 12.8 Å². The summed E-state index contributed by atoms with van der Waals surface area (Å²) in [4.78, 5) is 48.5. The fraction of sp³-hybridized carbons (Fsp3) is 0.750. The van der Waals surface area contributed by atoms with Crippen molar-refractivity contribution in [1.82, 2.24) is 0 Å². The molecule has 0 radical (unpaired) electrons. The molecule has 2 fully saturated rings. The van der Waals surface area contributed by atoms with Gasteiger partial charge in [-0.05, 0) is 42.9 Å². The molecule has 0 spiro atoms. The predicted molar refractivity (Wildman–Crippen MR) is 110 cm³/mol. The number of hydrogen-bond acceptors (Lipinski definition) is 6. The Balaban J connectivity index is 1.86. The van der Waals surface area contributed by atoms with Crippen molar-refractivity contribution < 1.29 is 28.7 Å². The van der Waals surface area contributed by atoms with Gasteiger partial charge in [0.15, 0.2) is 24.3 Å². The first-order chi connectivity index (χ1) is 13.8. The molecule has 0 aromatic rings. The quantitative estimate of drug-likeness (QED) is 0.510. The largest absolute Gasteiger partial charge is 0.458 e. The van der Waals surface area contributed by atoms with E-state index in [-0.39, 0.29) is 35.4 Å². The number of carbonyl (C=O) groups is 4. The molecule has 0 N–H and O–H groups in total. The smallest absolute Gasteiger partial charge is 0.303 e. The molecule has 6 heteroatoms. The molecule has 2 saturated carbocycles. The van der Waals surface area contributed by atoms with E-state index >= 15 is 0 Å². The molecule has 0 aromatic carbocycles. The van der Waals surface area contributed by atoms with Gasteiger partial charge in [-0.3, -0.25) is 19.2 Å². The van der Waals surface area contributed by atoms with Gasteiger partial charge in [-0.2, -0.15) is 0 Å². The van der Waals surface area contributed by atoms with Crippen molar-refractivity contribution in [3.05, 3.63) is 11.6 Å². The van der Waals surface area contributed by atoms with Crippen LogP contribution in [-0.2, 0) is 28.7 Å². The summed E-state index contributed by atoms with van der Waals surface area (Å²) >= 11 is 0. The average molecular weight is 419 g/mol. The van der Waals surface area contributed by atoms with E-state index in [1.807, 2.05) is 20.8 Å². The summed E-state index contributed by atoms with van der Waals surface area (Å²) in [7, 11) is 0. The van der Waals surface area contributed by atoms with Crippen LogP contribution in [0.5, 0.6) is 0 Å². The average Bonchev–Trinajstić information content (AvgIpc) is 2.62. The normalized spacial score (nSPS) is 37.3. The monoisotopic (exact) mass is 418 g/mol. The molecule has 0 unspecified atom stereocenters. The summed E-state index contributed by atoms with van der Waals surface area (Å²) in [6, 6.07) is 0. The first kappa shape index (κ1) is 22.7. The molecule has 0 saturated heterocycles. The number of rotatable bonds is 4. The van der Waals surface area contributed by atoms with Crippen molar-refractivity contribution >= 4 is 23.5 Å². The van der Waals surface area contributed by atoms with Gasteiger partial charge in [0.05, 0.1) is 0 Å². The van der Waals surface area contributed by atoms with Crippen molar-refractivity contribution in [2.24, 2.45) is 28.1 Å². The molecule has 0 aromatic heterocycles. The second kappa shape index (κ2) is 7.61. The van der Waals surface area contributed by atoms with Gasteiger partial charge >= 0.3 is 11.9 Å². The molecule has 166 valence electrons. The Morgan fingerprint density at radius 1 is 1.07 bits per heavy atom. The first-order valence-electron chi connectivity index (χ1n) is 10.9. The van der Waals surface area contributed by atoms with E-state index in [2.05, 4.69) is 13.0 Å². The molecular weight excluding hydrogens is 384 g/mol. The Morgan fingerprint density at radius 3 is 2.33 bits per heavy atom. The van der Waals surface area contributed by atoms with Crippen LogP contribution in [0.25, 0.3) is 0 Å². The highest BCUT2D eigenvalue weighted by atomic mass is 16.5. The number of fused-ring (bicyclic) bond motifs is 3. The lowest BCUT2D eigenvalue weighted by Crippen LogP contribution is -2.60. The number of allylic oxidation sites excluding steroid dienone is 2. The van der Waals surface area contributed by atoms with E-state index in [0.29, 0.717) is 19.3 Å². The van der Waals surface area contributed by atoms with Gasteiger partial charge in [0, 0.05) is 31.1 Å². The van der Waals surface area contributed by atoms with Crippen LogP contribution >= 0.6 is 0 Å². The molecule has 3 aliphatic carbocycles. The summed E-state index contributed by atoms with van der Waals surface area (Å²) in [5, 5.41) is 0. The summed E-state index contributed by atoms with van der Waals surface area (Å²) in [6.45, 7) is 10.7. The molecule has 0 amide bonds. The Morgan fingerprint density at radius 2 is 1.73 bits per heavy atom. The lowest BCUT2D eigenvalue weighted by molar-refractivity contribution is -0.180. The standard InChI is InChI=1S/C24H34O6/c1-14(25)29-13-20(28)23(5)10-9-17-16(11-23)7-8-19-22(3,4)21(30-15(2)26)18(27)12-24(17,19)6/h7,17,19,21H,8-13H2,1-6H3/t17-,19-,21-,23-,24+/m1/s1. The van der Waals surface area contributed by atoms with E-state index in [4.69, 9.17) is 9.47 Å². The van der Waals surface area contributed by atoms with Gasteiger partial charge in [-0.15, -0.1) is 0 Å². The predicted octanol–water partition coefficient (Wildman–Crippen LogP) is 3.81. The van der Waals surface area contributed by atoms with Crippen LogP contribution in [0.3, 0.4) is 0 Å². The van der Waals surface area contributed by atoms with Crippen LogP contribution in [0.15, 0.2) is 11.6 Å². The van der Waals surface area contributed by atoms with Gasteiger partial charge in [-0.25, -0.2) is 0 Å². The van der Waals surface area contributed by atoms with Crippen LogP contribution in [-0.4, -0.2) is 36.2 Å². The molecule has 0 heterocycles. The lowest BCUT2D eigenvalue weighted by atomic mass is 9.45. The third kappa shape index (κ3) is 3.74. The summed E-state index contributed by atoms with van der Waals surface area (Å²) in [6.07, 6.45) is 4.90. The number of ketones is 2. The van der Waals surface area contributed by atoms with Crippen molar-refractivity contribution in [2.45, 2.75) is 79.8 Å². The Labute approximate surface area is 178 Å². The van der Waals surface area contributed by atoms with Gasteiger partial charge in [0.2, 0.25) is 0 Å². The fourth-order valence-corrected chi connectivity index (χ4v) is 6.49. The zero-order chi connectivity index (χ0) is 22.5. The number of ether oxygens (including phenoxy) is 2. The van der Waals surface area contributed by atoms with Gasteiger partial charge in [0.25, 0.3) is 0 Å². The maximum Gasteiger partial charge on any atom is 0.303 e. The Bertz CT molecular complexity index is 809. The lowest BCUT2D eigenvalue weighted by Gasteiger charge is -2.60. The zero-order valence-electron chi connectivity index (χ0n) is 19.0. The van der Waals surface area contributed by atoms with Crippen molar-refractivity contribution in [2.75, 3.05) is 6.61 Å². The number of carbonyl (C=O) groups excluding carboxylic acids is 4. The van der Waals surface area contributed by atoms with Gasteiger partial charge in [-0.1, -0.05) is 39.3 Å². The van der Waals surface area contributed by atoms with Crippen LogP contribution in [0.1, 0.15) is 73.6 Å².